The lowest BCUT2D eigenvalue weighted by Crippen LogP contribution is -2.03. The van der Waals surface area contributed by atoms with Gasteiger partial charge >= 0.3 is 0 Å². The number of benzene rings is 2. The first-order chi connectivity index (χ1) is 10.1. The van der Waals surface area contributed by atoms with E-state index in [1.54, 1.807) is 0 Å². The van der Waals surface area contributed by atoms with Gasteiger partial charge in [-0.05, 0) is 111 Å². The van der Waals surface area contributed by atoms with Crippen molar-refractivity contribution in [3.05, 3.63) is 53.5 Å². The highest BCUT2D eigenvalue weighted by Crippen LogP contribution is 2.43. The molecule has 0 radical (unpaired) electrons. The van der Waals surface area contributed by atoms with Gasteiger partial charge < -0.3 is 0 Å². The van der Waals surface area contributed by atoms with Gasteiger partial charge in [0.15, 0.2) is 0 Å². The Labute approximate surface area is 151 Å². The van der Waals surface area contributed by atoms with E-state index in [0.29, 0.717) is 0 Å². The first-order valence-corrected chi connectivity index (χ1v) is 9.21. The SMILES string of the molecule is Cc1c(C)c(Br)c(C)c(-c2c(C)c(C)c(C)c(Br)c2C)c1C. The second kappa shape index (κ2) is 6.13. The average molecular weight is 424 g/mol. The molecule has 22 heavy (non-hydrogen) atoms. The van der Waals surface area contributed by atoms with Crippen LogP contribution in [0.4, 0.5) is 0 Å². The lowest BCUT2D eigenvalue weighted by Gasteiger charge is -2.24. The Morgan fingerprint density at radius 1 is 0.364 bits per heavy atom. The molecule has 0 saturated heterocycles. The van der Waals surface area contributed by atoms with Crippen LogP contribution in [0.15, 0.2) is 8.95 Å². The number of halogens is 2. The van der Waals surface area contributed by atoms with Crippen LogP contribution in [-0.4, -0.2) is 0 Å². The van der Waals surface area contributed by atoms with Gasteiger partial charge in [-0.2, -0.15) is 0 Å². The van der Waals surface area contributed by atoms with E-state index >= 15 is 0 Å². The van der Waals surface area contributed by atoms with Crippen LogP contribution in [0.2, 0.25) is 0 Å². The van der Waals surface area contributed by atoms with Crippen LogP contribution in [0.25, 0.3) is 11.1 Å². The van der Waals surface area contributed by atoms with Gasteiger partial charge in [-0.3, -0.25) is 0 Å². The second-order valence-corrected chi connectivity index (χ2v) is 7.96. The van der Waals surface area contributed by atoms with Crippen molar-refractivity contribution >= 4 is 31.9 Å². The molecule has 118 valence electrons. The lowest BCUT2D eigenvalue weighted by atomic mass is 9.83. The van der Waals surface area contributed by atoms with Crippen LogP contribution < -0.4 is 0 Å². The molecule has 0 aliphatic carbocycles. The van der Waals surface area contributed by atoms with Gasteiger partial charge in [0.25, 0.3) is 0 Å². The zero-order valence-corrected chi connectivity index (χ0v) is 17.9. The van der Waals surface area contributed by atoms with Gasteiger partial charge in [0.2, 0.25) is 0 Å². The summed E-state index contributed by atoms with van der Waals surface area (Å²) in [6.45, 7) is 17.8. The van der Waals surface area contributed by atoms with E-state index in [0.717, 1.165) is 0 Å². The Balaban J connectivity index is 3.03. The van der Waals surface area contributed by atoms with Crippen LogP contribution in [-0.2, 0) is 0 Å². The molecule has 0 nitrogen and oxygen atoms in total. The summed E-state index contributed by atoms with van der Waals surface area (Å²) in [5.41, 5.74) is 13.7. The first-order valence-electron chi connectivity index (χ1n) is 7.63. The molecular formula is C20H24Br2. The molecule has 0 spiro atoms. The molecule has 2 rings (SSSR count). The fourth-order valence-electron chi connectivity index (χ4n) is 3.36. The van der Waals surface area contributed by atoms with Crippen LogP contribution in [0, 0.1) is 55.4 Å². The standard InChI is InChI=1S/C20H24Br2/c1-9-11(3)17(15(7)19(21)13(9)5)18-12(4)10(2)14(6)20(22)16(18)8/h1-8H3. The van der Waals surface area contributed by atoms with Gasteiger partial charge in [-0.25, -0.2) is 0 Å². The fraction of sp³-hybridized carbons (Fsp3) is 0.400. The molecule has 0 heterocycles. The minimum Gasteiger partial charge on any atom is -0.0502 e. The molecule has 2 heteroatoms. The van der Waals surface area contributed by atoms with E-state index < -0.39 is 0 Å². The third-order valence-corrected chi connectivity index (χ3v) is 7.70. The molecule has 0 unspecified atom stereocenters. The van der Waals surface area contributed by atoms with Crippen LogP contribution in [0.1, 0.15) is 44.5 Å². The van der Waals surface area contributed by atoms with Crippen molar-refractivity contribution < 1.29 is 0 Å². The number of hydrogen-bond acceptors (Lipinski definition) is 0. The number of rotatable bonds is 1. The Bertz CT molecular complexity index is 658. The van der Waals surface area contributed by atoms with Crippen LogP contribution in [0.3, 0.4) is 0 Å². The fourth-order valence-corrected chi connectivity index (χ4v) is 4.35. The van der Waals surface area contributed by atoms with Crippen molar-refractivity contribution in [3.8, 4) is 11.1 Å². The molecule has 2 aromatic carbocycles. The van der Waals surface area contributed by atoms with Gasteiger partial charge in [0.1, 0.15) is 0 Å². The smallest absolute Gasteiger partial charge is 0.0242 e. The molecule has 0 aliphatic rings. The summed E-state index contributed by atoms with van der Waals surface area (Å²) in [7, 11) is 0. The zero-order valence-electron chi connectivity index (χ0n) is 14.8. The predicted octanol–water partition coefficient (Wildman–Crippen LogP) is 7.35. The summed E-state index contributed by atoms with van der Waals surface area (Å²) in [6.07, 6.45) is 0. The minimum atomic E-state index is 1.23. The van der Waals surface area contributed by atoms with E-state index in [1.807, 2.05) is 0 Å². The van der Waals surface area contributed by atoms with Crippen LogP contribution in [0.5, 0.6) is 0 Å². The molecule has 2 aromatic rings. The van der Waals surface area contributed by atoms with Crippen molar-refractivity contribution in [2.45, 2.75) is 55.4 Å². The van der Waals surface area contributed by atoms with E-state index in [2.05, 4.69) is 87.2 Å². The summed E-state index contributed by atoms with van der Waals surface area (Å²) in [5.74, 6) is 0. The quantitative estimate of drug-likeness (QED) is 0.449. The van der Waals surface area contributed by atoms with E-state index in [9.17, 15) is 0 Å². The molecule has 0 bridgehead atoms. The van der Waals surface area contributed by atoms with Gasteiger partial charge in [-0.15, -0.1) is 0 Å². The van der Waals surface area contributed by atoms with Crippen molar-refractivity contribution in [2.75, 3.05) is 0 Å². The summed E-state index contributed by atoms with van der Waals surface area (Å²) in [4.78, 5) is 0. The third-order valence-electron chi connectivity index (χ3n) is 5.32. The number of hydrogen-bond donors (Lipinski definition) is 0. The Morgan fingerprint density at radius 2 is 0.636 bits per heavy atom. The van der Waals surface area contributed by atoms with Crippen LogP contribution >= 0.6 is 31.9 Å². The lowest BCUT2D eigenvalue weighted by molar-refractivity contribution is 1.18. The topological polar surface area (TPSA) is 0 Å². The van der Waals surface area contributed by atoms with E-state index in [4.69, 9.17) is 0 Å². The molecule has 0 atom stereocenters. The predicted molar refractivity (Wildman–Crippen MR) is 105 cm³/mol. The molecule has 0 fully saturated rings. The normalized spacial score (nSPS) is 11.2. The summed E-state index contributed by atoms with van der Waals surface area (Å²) >= 11 is 7.60. The van der Waals surface area contributed by atoms with E-state index in [1.165, 1.54) is 64.6 Å². The van der Waals surface area contributed by atoms with Crippen molar-refractivity contribution in [1.82, 2.24) is 0 Å². The average Bonchev–Trinajstić information content (AvgIpc) is 2.50. The maximum atomic E-state index is 3.80. The summed E-state index contributed by atoms with van der Waals surface area (Å²) in [6, 6.07) is 0. The van der Waals surface area contributed by atoms with Gasteiger partial charge in [-0.1, -0.05) is 31.9 Å². The second-order valence-electron chi connectivity index (χ2n) is 6.38. The minimum absolute atomic E-state index is 1.23. The van der Waals surface area contributed by atoms with Gasteiger partial charge in [0.05, 0.1) is 0 Å². The maximum absolute atomic E-state index is 3.80. The zero-order chi connectivity index (χ0) is 16.9. The summed E-state index contributed by atoms with van der Waals surface area (Å²) < 4.78 is 2.47. The molecule has 0 N–H and O–H groups in total. The maximum Gasteiger partial charge on any atom is 0.0242 e. The van der Waals surface area contributed by atoms with Crippen molar-refractivity contribution in [2.24, 2.45) is 0 Å². The van der Waals surface area contributed by atoms with Crippen molar-refractivity contribution in [1.29, 1.82) is 0 Å². The van der Waals surface area contributed by atoms with Gasteiger partial charge in [0, 0.05) is 8.95 Å². The molecule has 0 saturated carbocycles. The Morgan fingerprint density at radius 3 is 0.909 bits per heavy atom. The van der Waals surface area contributed by atoms with Crippen molar-refractivity contribution in [3.63, 3.8) is 0 Å². The largest absolute Gasteiger partial charge is 0.0502 e. The highest BCUT2D eigenvalue weighted by Gasteiger charge is 2.21. The molecule has 0 amide bonds. The summed E-state index contributed by atoms with van der Waals surface area (Å²) in [5, 5.41) is 0. The van der Waals surface area contributed by atoms with E-state index in [-0.39, 0.29) is 0 Å². The highest BCUT2D eigenvalue weighted by molar-refractivity contribution is 9.11. The Kier molecular flexibility index (Phi) is 4.94. The third kappa shape index (κ3) is 2.49. The Hall–Kier alpha value is -0.600. The molecular weight excluding hydrogens is 400 g/mol. The molecule has 0 aromatic heterocycles. The highest BCUT2D eigenvalue weighted by atomic mass is 79.9. The first kappa shape index (κ1) is 17.7. The monoisotopic (exact) mass is 422 g/mol. The molecule has 0 aliphatic heterocycles.